The number of nitrogens with one attached hydrogen (secondary N) is 1. The molecular weight excluding hydrogens is 324 g/mol. The predicted molar refractivity (Wildman–Crippen MR) is 96.1 cm³/mol. The lowest BCUT2D eigenvalue weighted by Gasteiger charge is -2.22. The van der Waals surface area contributed by atoms with E-state index in [1.807, 2.05) is 31.2 Å². The van der Waals surface area contributed by atoms with Crippen LogP contribution in [0.15, 0.2) is 24.3 Å². The summed E-state index contributed by atoms with van der Waals surface area (Å²) in [6.07, 6.45) is 7.82. The van der Waals surface area contributed by atoms with Crippen molar-refractivity contribution >= 4 is 15.9 Å². The highest BCUT2D eigenvalue weighted by Crippen LogP contribution is 2.17. The lowest BCUT2D eigenvalue weighted by molar-refractivity contribution is -0.122. The maximum Gasteiger partial charge on any atom is 0.235 e. The van der Waals surface area contributed by atoms with E-state index in [9.17, 15) is 13.2 Å². The second kappa shape index (κ2) is 8.62. The van der Waals surface area contributed by atoms with Gasteiger partial charge in [0.05, 0.1) is 12.8 Å². The maximum absolute atomic E-state index is 12.3. The summed E-state index contributed by atoms with van der Waals surface area (Å²) in [7, 11) is -3.44. The lowest BCUT2D eigenvalue weighted by Crippen LogP contribution is -2.43. The number of carbonyl (C=O) groups is 1. The molecule has 1 fully saturated rings. The molecule has 6 heteroatoms. The van der Waals surface area contributed by atoms with E-state index in [2.05, 4.69) is 5.32 Å². The first-order chi connectivity index (χ1) is 11.3. The van der Waals surface area contributed by atoms with Gasteiger partial charge in [-0.15, -0.1) is 0 Å². The second-order valence-corrected chi connectivity index (χ2v) is 8.76. The summed E-state index contributed by atoms with van der Waals surface area (Å²) in [4.78, 5) is 12.3. The van der Waals surface area contributed by atoms with Gasteiger partial charge in [-0.1, -0.05) is 55.5 Å². The Balaban J connectivity index is 1.97. The standard InChI is InChI=1S/C18H28N2O3S/c1-15-9-11-16(12-10-15)13-20(24(2,22)23)14-18(21)19-17-7-5-3-4-6-8-17/h9-12,17H,3-8,13-14H2,1-2H3,(H,19,21). The Morgan fingerprint density at radius 1 is 1.12 bits per heavy atom. The van der Waals surface area contributed by atoms with Crippen LogP contribution >= 0.6 is 0 Å². The third-order valence-electron chi connectivity index (χ3n) is 4.49. The third-order valence-corrected chi connectivity index (χ3v) is 5.69. The first-order valence-electron chi connectivity index (χ1n) is 8.64. The van der Waals surface area contributed by atoms with E-state index in [4.69, 9.17) is 0 Å². The Kier molecular flexibility index (Phi) is 6.80. The van der Waals surface area contributed by atoms with E-state index < -0.39 is 10.0 Å². The maximum atomic E-state index is 12.3. The van der Waals surface area contributed by atoms with Gasteiger partial charge in [0.15, 0.2) is 0 Å². The molecule has 0 unspecified atom stereocenters. The molecule has 0 aromatic heterocycles. The molecule has 1 aromatic rings. The zero-order valence-corrected chi connectivity index (χ0v) is 15.4. The molecule has 5 nitrogen and oxygen atoms in total. The van der Waals surface area contributed by atoms with Gasteiger partial charge in [-0.25, -0.2) is 8.42 Å². The van der Waals surface area contributed by atoms with Crippen LogP contribution in [0.4, 0.5) is 0 Å². The average Bonchev–Trinajstić information content (AvgIpc) is 2.76. The quantitative estimate of drug-likeness (QED) is 0.800. The molecule has 0 saturated heterocycles. The SMILES string of the molecule is Cc1ccc(CN(CC(=O)NC2CCCCCC2)S(C)(=O)=O)cc1. The molecule has 1 aliphatic carbocycles. The molecule has 0 aliphatic heterocycles. The lowest BCUT2D eigenvalue weighted by atomic mass is 10.1. The van der Waals surface area contributed by atoms with Gasteiger partial charge in [0.2, 0.25) is 15.9 Å². The minimum atomic E-state index is -3.44. The van der Waals surface area contributed by atoms with Crippen molar-refractivity contribution in [2.75, 3.05) is 12.8 Å². The molecule has 2 rings (SSSR count). The van der Waals surface area contributed by atoms with Gasteiger partial charge >= 0.3 is 0 Å². The van der Waals surface area contributed by atoms with Crippen LogP contribution in [0.3, 0.4) is 0 Å². The van der Waals surface area contributed by atoms with Gasteiger partial charge < -0.3 is 5.32 Å². The monoisotopic (exact) mass is 352 g/mol. The van der Waals surface area contributed by atoms with Crippen LogP contribution in [0.2, 0.25) is 0 Å². The third kappa shape index (κ3) is 6.24. The number of carbonyl (C=O) groups excluding carboxylic acids is 1. The molecule has 1 amide bonds. The van der Waals surface area contributed by atoms with Crippen LogP contribution in [0, 0.1) is 6.92 Å². The number of nitrogens with zero attached hydrogens (tertiary/aromatic N) is 1. The Morgan fingerprint density at radius 2 is 1.71 bits per heavy atom. The highest BCUT2D eigenvalue weighted by Gasteiger charge is 2.22. The number of amides is 1. The number of aryl methyl sites for hydroxylation is 1. The van der Waals surface area contributed by atoms with Crippen molar-refractivity contribution in [2.45, 2.75) is 58.0 Å². The van der Waals surface area contributed by atoms with E-state index in [0.29, 0.717) is 0 Å². The first kappa shape index (κ1) is 18.9. The molecule has 0 radical (unpaired) electrons. The Labute approximate surface area is 145 Å². The van der Waals surface area contributed by atoms with E-state index >= 15 is 0 Å². The molecule has 24 heavy (non-hydrogen) atoms. The molecule has 0 bridgehead atoms. The Bertz CT molecular complexity index is 633. The van der Waals surface area contributed by atoms with Crippen molar-refractivity contribution < 1.29 is 13.2 Å². The predicted octanol–water partition coefficient (Wildman–Crippen LogP) is 2.60. The molecule has 0 heterocycles. The van der Waals surface area contributed by atoms with Gasteiger partial charge in [0, 0.05) is 12.6 Å². The molecule has 0 spiro atoms. The fraction of sp³-hybridized carbons (Fsp3) is 0.611. The zero-order valence-electron chi connectivity index (χ0n) is 14.6. The molecule has 1 aliphatic rings. The molecule has 1 N–H and O–H groups in total. The van der Waals surface area contributed by atoms with Crippen molar-refractivity contribution in [3.63, 3.8) is 0 Å². The summed E-state index contributed by atoms with van der Waals surface area (Å²) in [5, 5.41) is 3.01. The van der Waals surface area contributed by atoms with Crippen molar-refractivity contribution in [3.05, 3.63) is 35.4 Å². The fourth-order valence-corrected chi connectivity index (χ4v) is 3.78. The summed E-state index contributed by atoms with van der Waals surface area (Å²) >= 11 is 0. The summed E-state index contributed by atoms with van der Waals surface area (Å²) in [5.41, 5.74) is 2.00. The summed E-state index contributed by atoms with van der Waals surface area (Å²) in [6, 6.07) is 7.87. The van der Waals surface area contributed by atoms with E-state index in [1.54, 1.807) is 0 Å². The second-order valence-electron chi connectivity index (χ2n) is 6.77. The van der Waals surface area contributed by atoms with Crippen LogP contribution in [0.5, 0.6) is 0 Å². The Hall–Kier alpha value is -1.40. The van der Waals surface area contributed by atoms with Crippen molar-refractivity contribution in [1.82, 2.24) is 9.62 Å². The van der Waals surface area contributed by atoms with Crippen molar-refractivity contribution in [1.29, 1.82) is 0 Å². The number of benzene rings is 1. The summed E-state index contributed by atoms with van der Waals surface area (Å²) < 4.78 is 25.3. The summed E-state index contributed by atoms with van der Waals surface area (Å²) in [5.74, 6) is -0.209. The molecule has 1 aromatic carbocycles. The summed E-state index contributed by atoms with van der Waals surface area (Å²) in [6.45, 7) is 2.08. The Morgan fingerprint density at radius 3 is 2.25 bits per heavy atom. The van der Waals surface area contributed by atoms with Gasteiger partial charge in [-0.2, -0.15) is 4.31 Å². The van der Waals surface area contributed by atoms with Crippen LogP contribution in [-0.2, 0) is 21.4 Å². The van der Waals surface area contributed by atoms with E-state index in [-0.39, 0.29) is 25.0 Å². The van der Waals surface area contributed by atoms with Gasteiger partial charge in [-0.3, -0.25) is 4.79 Å². The normalized spacial score (nSPS) is 16.8. The largest absolute Gasteiger partial charge is 0.352 e. The topological polar surface area (TPSA) is 66.5 Å². The smallest absolute Gasteiger partial charge is 0.235 e. The molecule has 134 valence electrons. The average molecular weight is 353 g/mol. The number of sulfonamides is 1. The van der Waals surface area contributed by atoms with E-state index in [1.165, 1.54) is 17.1 Å². The molecule has 0 atom stereocenters. The minimum absolute atomic E-state index is 0.122. The minimum Gasteiger partial charge on any atom is -0.352 e. The van der Waals surface area contributed by atoms with E-state index in [0.717, 1.165) is 43.1 Å². The highest BCUT2D eigenvalue weighted by molar-refractivity contribution is 7.88. The van der Waals surface area contributed by atoms with Gasteiger partial charge in [-0.05, 0) is 25.3 Å². The van der Waals surface area contributed by atoms with Crippen molar-refractivity contribution in [3.8, 4) is 0 Å². The van der Waals surface area contributed by atoms with Crippen molar-refractivity contribution in [2.24, 2.45) is 0 Å². The number of rotatable bonds is 6. The molecule has 1 saturated carbocycles. The van der Waals surface area contributed by atoms with Gasteiger partial charge in [0.25, 0.3) is 0 Å². The zero-order chi connectivity index (χ0) is 17.6. The van der Waals surface area contributed by atoms with Crippen LogP contribution < -0.4 is 5.32 Å². The van der Waals surface area contributed by atoms with Gasteiger partial charge in [0.1, 0.15) is 0 Å². The van der Waals surface area contributed by atoms with Crippen LogP contribution in [0.1, 0.15) is 49.7 Å². The highest BCUT2D eigenvalue weighted by atomic mass is 32.2. The molecular formula is C18H28N2O3S. The fourth-order valence-electron chi connectivity index (χ4n) is 3.04. The first-order valence-corrected chi connectivity index (χ1v) is 10.5. The number of hydrogen-bond donors (Lipinski definition) is 1. The van der Waals surface area contributed by atoms with Crippen LogP contribution in [0.25, 0.3) is 0 Å². The number of hydrogen-bond acceptors (Lipinski definition) is 3. The van der Waals surface area contributed by atoms with Crippen LogP contribution in [-0.4, -0.2) is 37.5 Å².